The molecule has 9 heteroatoms. The molecule has 0 fully saturated rings. The van der Waals surface area contributed by atoms with Crippen molar-refractivity contribution in [1.29, 1.82) is 0 Å². The Labute approximate surface area is 174 Å². The van der Waals surface area contributed by atoms with Crippen molar-refractivity contribution in [2.24, 2.45) is 5.14 Å². The van der Waals surface area contributed by atoms with Gasteiger partial charge in [0.1, 0.15) is 0 Å². The van der Waals surface area contributed by atoms with Crippen molar-refractivity contribution in [3.05, 3.63) is 60.7 Å². The predicted octanol–water partition coefficient (Wildman–Crippen LogP) is 3.77. The molecule has 0 aliphatic rings. The van der Waals surface area contributed by atoms with E-state index in [4.69, 9.17) is 5.14 Å². The predicted molar refractivity (Wildman–Crippen MR) is 117 cm³/mol. The molecular formula is C21H22N6O2S. The lowest BCUT2D eigenvalue weighted by molar-refractivity contribution is 0.597. The van der Waals surface area contributed by atoms with Gasteiger partial charge in [-0.1, -0.05) is 6.07 Å². The van der Waals surface area contributed by atoms with Crippen molar-refractivity contribution in [3.63, 3.8) is 0 Å². The molecule has 0 aliphatic heterocycles. The van der Waals surface area contributed by atoms with E-state index >= 15 is 0 Å². The van der Waals surface area contributed by atoms with Crippen LogP contribution in [0.2, 0.25) is 0 Å². The Morgan fingerprint density at radius 1 is 1.13 bits per heavy atom. The number of benzene rings is 1. The minimum atomic E-state index is -3.82. The molecule has 1 aromatic carbocycles. The summed E-state index contributed by atoms with van der Waals surface area (Å²) in [5, 5.41) is 9.43. The molecule has 0 aliphatic carbocycles. The fraction of sp³-hybridized carbons (Fsp3) is 0.190. The number of sulfonamides is 1. The Bertz CT molecular complexity index is 1340. The number of nitrogens with zero attached hydrogens (tertiary/aromatic N) is 4. The van der Waals surface area contributed by atoms with Gasteiger partial charge in [-0.25, -0.2) is 23.5 Å². The smallest absolute Gasteiger partial charge is 0.238 e. The number of fused-ring (bicyclic) bond motifs is 1. The summed E-state index contributed by atoms with van der Waals surface area (Å²) in [5.74, 6) is 0.358. The normalized spacial score (nSPS) is 11.9. The zero-order valence-electron chi connectivity index (χ0n) is 16.9. The van der Waals surface area contributed by atoms with Crippen LogP contribution in [0.4, 0.5) is 11.6 Å². The number of nitrogens with one attached hydrogen (secondary N) is 1. The number of hydrogen-bond acceptors (Lipinski definition) is 6. The summed E-state index contributed by atoms with van der Waals surface area (Å²) in [6.07, 6.45) is 7.34. The van der Waals surface area contributed by atoms with Gasteiger partial charge in [0.15, 0.2) is 0 Å². The van der Waals surface area contributed by atoms with E-state index in [1.54, 1.807) is 31.5 Å². The molecule has 0 bridgehead atoms. The number of hydrogen-bond donors (Lipinski definition) is 2. The molecule has 0 unspecified atom stereocenters. The van der Waals surface area contributed by atoms with Crippen LogP contribution in [0.15, 0.2) is 60.0 Å². The largest absolute Gasteiger partial charge is 0.343 e. The summed E-state index contributed by atoms with van der Waals surface area (Å²) in [6.45, 7) is 5.92. The lowest BCUT2D eigenvalue weighted by atomic mass is 10.1. The second-order valence-electron chi connectivity index (χ2n) is 7.35. The summed E-state index contributed by atoms with van der Waals surface area (Å²) in [6, 6.07) is 9.02. The van der Waals surface area contributed by atoms with Gasteiger partial charge in [-0.15, -0.1) is 0 Å². The standard InChI is InChI=1S/C21H22N6O2S/c1-13(2)27-12-17(16-6-8-23-11-19(16)27)18-7-9-24-21(26-18)25-15-5-4-14(3)20(10-15)30(22,28)29/h4-13H,1-3H3,(H2,22,28,29)(H,24,25,26). The zero-order valence-corrected chi connectivity index (χ0v) is 17.7. The average Bonchev–Trinajstić information content (AvgIpc) is 3.09. The van der Waals surface area contributed by atoms with Gasteiger partial charge in [0, 0.05) is 41.3 Å². The summed E-state index contributed by atoms with van der Waals surface area (Å²) in [7, 11) is -3.82. The van der Waals surface area contributed by atoms with E-state index in [1.165, 1.54) is 6.07 Å². The number of anilines is 2. The van der Waals surface area contributed by atoms with Crippen molar-refractivity contribution in [2.45, 2.75) is 31.7 Å². The van der Waals surface area contributed by atoms with Gasteiger partial charge >= 0.3 is 0 Å². The van der Waals surface area contributed by atoms with Crippen molar-refractivity contribution in [1.82, 2.24) is 19.5 Å². The summed E-state index contributed by atoms with van der Waals surface area (Å²) >= 11 is 0. The van der Waals surface area contributed by atoms with Gasteiger partial charge in [0.05, 0.1) is 22.3 Å². The molecular weight excluding hydrogens is 400 g/mol. The second kappa shape index (κ2) is 7.51. The molecule has 30 heavy (non-hydrogen) atoms. The molecule has 4 rings (SSSR count). The van der Waals surface area contributed by atoms with Gasteiger partial charge in [-0.2, -0.15) is 0 Å². The first-order valence-electron chi connectivity index (χ1n) is 9.42. The molecule has 0 atom stereocenters. The van der Waals surface area contributed by atoms with E-state index in [0.29, 0.717) is 17.2 Å². The second-order valence-corrected chi connectivity index (χ2v) is 8.88. The number of aryl methyl sites for hydroxylation is 1. The minimum Gasteiger partial charge on any atom is -0.343 e. The highest BCUT2D eigenvalue weighted by Crippen LogP contribution is 2.31. The van der Waals surface area contributed by atoms with Crippen LogP contribution in [0.5, 0.6) is 0 Å². The number of nitrogens with two attached hydrogens (primary N) is 1. The van der Waals surface area contributed by atoms with Crippen molar-refractivity contribution in [2.75, 3.05) is 5.32 Å². The third-order valence-corrected chi connectivity index (χ3v) is 5.93. The first-order valence-corrected chi connectivity index (χ1v) is 11.0. The molecule has 0 radical (unpaired) electrons. The molecule has 154 valence electrons. The van der Waals surface area contributed by atoms with Crippen molar-refractivity contribution >= 4 is 32.6 Å². The first kappa shape index (κ1) is 20.0. The molecule has 4 aromatic rings. The van der Waals surface area contributed by atoms with E-state index in [0.717, 1.165) is 22.2 Å². The van der Waals surface area contributed by atoms with Crippen LogP contribution < -0.4 is 10.5 Å². The lowest BCUT2D eigenvalue weighted by Gasteiger charge is -2.09. The van der Waals surface area contributed by atoms with Crippen LogP contribution in [0, 0.1) is 6.92 Å². The third-order valence-electron chi connectivity index (χ3n) is 4.88. The highest BCUT2D eigenvalue weighted by molar-refractivity contribution is 7.89. The van der Waals surface area contributed by atoms with Crippen LogP contribution in [-0.4, -0.2) is 27.9 Å². The lowest BCUT2D eigenvalue weighted by Crippen LogP contribution is -2.14. The number of rotatable bonds is 5. The van der Waals surface area contributed by atoms with Crippen LogP contribution in [-0.2, 0) is 10.0 Å². The van der Waals surface area contributed by atoms with E-state index in [2.05, 4.69) is 44.9 Å². The topological polar surface area (TPSA) is 116 Å². The van der Waals surface area contributed by atoms with Crippen LogP contribution in [0.1, 0.15) is 25.5 Å². The molecule has 3 N–H and O–H groups in total. The van der Waals surface area contributed by atoms with Crippen molar-refractivity contribution < 1.29 is 8.42 Å². The van der Waals surface area contributed by atoms with Crippen LogP contribution in [0.3, 0.4) is 0 Å². The molecule has 0 spiro atoms. The Balaban J connectivity index is 1.74. The Kier molecular flexibility index (Phi) is 5.00. The molecule has 0 amide bonds. The van der Waals surface area contributed by atoms with Gasteiger partial charge in [-0.3, -0.25) is 4.98 Å². The summed E-state index contributed by atoms with van der Waals surface area (Å²) in [5.41, 5.74) is 3.87. The molecule has 3 heterocycles. The highest BCUT2D eigenvalue weighted by atomic mass is 32.2. The van der Waals surface area contributed by atoms with E-state index in [1.807, 2.05) is 18.3 Å². The quantitative estimate of drug-likeness (QED) is 0.506. The van der Waals surface area contributed by atoms with Crippen LogP contribution in [0.25, 0.3) is 22.2 Å². The van der Waals surface area contributed by atoms with E-state index in [9.17, 15) is 8.42 Å². The SMILES string of the molecule is Cc1ccc(Nc2nccc(-c3cn(C(C)C)c4cnccc34)n2)cc1S(N)(=O)=O. The molecule has 0 saturated heterocycles. The Hall–Kier alpha value is -3.30. The summed E-state index contributed by atoms with van der Waals surface area (Å²) in [4.78, 5) is 13.2. The number of aromatic nitrogens is 4. The highest BCUT2D eigenvalue weighted by Gasteiger charge is 2.15. The fourth-order valence-corrected chi connectivity index (χ4v) is 4.22. The van der Waals surface area contributed by atoms with Gasteiger partial charge in [0.25, 0.3) is 0 Å². The minimum absolute atomic E-state index is 0.0659. The molecule has 8 nitrogen and oxygen atoms in total. The maximum Gasteiger partial charge on any atom is 0.238 e. The number of pyridine rings is 1. The maximum absolute atomic E-state index is 11.8. The first-order chi connectivity index (χ1) is 14.2. The molecule has 0 saturated carbocycles. The monoisotopic (exact) mass is 422 g/mol. The van der Waals surface area contributed by atoms with Crippen LogP contribution >= 0.6 is 0 Å². The third kappa shape index (κ3) is 3.77. The van der Waals surface area contributed by atoms with Crippen molar-refractivity contribution in [3.8, 4) is 11.3 Å². The zero-order chi connectivity index (χ0) is 21.5. The van der Waals surface area contributed by atoms with E-state index in [-0.39, 0.29) is 10.9 Å². The Morgan fingerprint density at radius 3 is 2.67 bits per heavy atom. The van der Waals surface area contributed by atoms with E-state index < -0.39 is 10.0 Å². The fourth-order valence-electron chi connectivity index (χ4n) is 3.41. The average molecular weight is 423 g/mol. The Morgan fingerprint density at radius 2 is 1.93 bits per heavy atom. The van der Waals surface area contributed by atoms with Gasteiger partial charge in [-0.05, 0) is 50.6 Å². The summed E-state index contributed by atoms with van der Waals surface area (Å²) < 4.78 is 25.7. The van der Waals surface area contributed by atoms with Gasteiger partial charge in [0.2, 0.25) is 16.0 Å². The van der Waals surface area contributed by atoms with Gasteiger partial charge < -0.3 is 9.88 Å². The maximum atomic E-state index is 11.8. The number of primary sulfonamides is 1. The molecule has 3 aromatic heterocycles.